The van der Waals surface area contributed by atoms with Gasteiger partial charge in [0.1, 0.15) is 10.7 Å². The smallest absolute Gasteiger partial charge is 0.308 e. The number of rotatable bonds is 4. The van der Waals surface area contributed by atoms with Gasteiger partial charge in [-0.15, -0.1) is 11.3 Å². The fraction of sp³-hybridized carbons (Fsp3) is 0.0714. The van der Waals surface area contributed by atoms with Gasteiger partial charge in [0, 0.05) is 22.8 Å². The molecule has 3 rings (SSSR count). The van der Waals surface area contributed by atoms with Crippen molar-refractivity contribution < 1.29 is 14.3 Å². The number of pyridine rings is 1. The summed E-state index contributed by atoms with van der Waals surface area (Å²) in [5.74, 6) is -0.313. The highest BCUT2D eigenvalue weighted by molar-refractivity contribution is 7.15. The van der Waals surface area contributed by atoms with Crippen LogP contribution in [0.2, 0.25) is 0 Å². The van der Waals surface area contributed by atoms with Gasteiger partial charge in [0.25, 0.3) is 0 Å². The van der Waals surface area contributed by atoms with Crippen LogP contribution in [-0.4, -0.2) is 21.0 Å². The van der Waals surface area contributed by atoms with E-state index in [9.17, 15) is 4.79 Å². The molecule has 6 heteroatoms. The number of furan rings is 1. The largest absolute Gasteiger partial charge is 0.481 e. The van der Waals surface area contributed by atoms with Gasteiger partial charge in [0.05, 0.1) is 12.7 Å². The highest BCUT2D eigenvalue weighted by Crippen LogP contribution is 2.34. The van der Waals surface area contributed by atoms with Crippen LogP contribution >= 0.6 is 11.3 Å². The zero-order valence-corrected chi connectivity index (χ0v) is 11.1. The van der Waals surface area contributed by atoms with Crippen molar-refractivity contribution in [1.29, 1.82) is 0 Å². The molecular weight excluding hydrogens is 276 g/mol. The highest BCUT2D eigenvalue weighted by atomic mass is 32.1. The number of thiazole rings is 1. The summed E-state index contributed by atoms with van der Waals surface area (Å²) < 4.78 is 5.33. The first-order valence-electron chi connectivity index (χ1n) is 5.90. The Morgan fingerprint density at radius 3 is 2.90 bits per heavy atom. The van der Waals surface area contributed by atoms with E-state index in [1.165, 1.54) is 11.3 Å². The Hall–Kier alpha value is -2.47. The first-order chi connectivity index (χ1) is 9.74. The molecule has 0 bridgehead atoms. The summed E-state index contributed by atoms with van der Waals surface area (Å²) in [5, 5.41) is 9.74. The molecule has 0 radical (unpaired) electrons. The summed E-state index contributed by atoms with van der Waals surface area (Å²) in [5.41, 5.74) is 1.45. The lowest BCUT2D eigenvalue weighted by Crippen LogP contribution is -1.99. The summed E-state index contributed by atoms with van der Waals surface area (Å²) in [6.07, 6.45) is 4.86. The van der Waals surface area contributed by atoms with Gasteiger partial charge in [0.15, 0.2) is 5.76 Å². The van der Waals surface area contributed by atoms with Crippen LogP contribution in [0.1, 0.15) is 4.88 Å². The Labute approximate surface area is 118 Å². The van der Waals surface area contributed by atoms with Gasteiger partial charge in [-0.25, -0.2) is 4.98 Å². The maximum absolute atomic E-state index is 11.0. The normalized spacial score (nSPS) is 10.6. The van der Waals surface area contributed by atoms with E-state index >= 15 is 0 Å². The van der Waals surface area contributed by atoms with Crippen molar-refractivity contribution >= 4 is 17.3 Å². The van der Waals surface area contributed by atoms with E-state index in [0.29, 0.717) is 16.3 Å². The molecule has 0 saturated carbocycles. The van der Waals surface area contributed by atoms with E-state index in [2.05, 4.69) is 9.97 Å². The third-order valence-corrected chi connectivity index (χ3v) is 3.78. The average Bonchev–Trinajstić information content (AvgIpc) is 3.08. The van der Waals surface area contributed by atoms with Gasteiger partial charge in [-0.3, -0.25) is 9.78 Å². The predicted octanol–water partition coefficient (Wildman–Crippen LogP) is 3.09. The fourth-order valence-electron chi connectivity index (χ4n) is 1.83. The minimum absolute atomic E-state index is 0.0754. The SMILES string of the molecule is O=C(O)Cc1sc(-c2cccnc2)nc1-c1ccco1. The first kappa shape index (κ1) is 12.6. The third-order valence-electron chi connectivity index (χ3n) is 2.67. The van der Waals surface area contributed by atoms with Gasteiger partial charge in [-0.2, -0.15) is 0 Å². The van der Waals surface area contributed by atoms with Crippen LogP contribution in [0.5, 0.6) is 0 Å². The van der Waals surface area contributed by atoms with Crippen molar-refractivity contribution in [3.05, 3.63) is 47.8 Å². The summed E-state index contributed by atoms with van der Waals surface area (Å²) in [4.78, 5) is 20.2. The fourth-order valence-corrected chi connectivity index (χ4v) is 2.87. The second-order valence-electron chi connectivity index (χ2n) is 4.08. The molecule has 3 heterocycles. The minimum Gasteiger partial charge on any atom is -0.481 e. The number of carbonyl (C=O) groups is 1. The van der Waals surface area contributed by atoms with Crippen molar-refractivity contribution in [3.8, 4) is 22.0 Å². The number of aromatic nitrogens is 2. The van der Waals surface area contributed by atoms with E-state index in [4.69, 9.17) is 9.52 Å². The monoisotopic (exact) mass is 286 g/mol. The summed E-state index contributed by atoms with van der Waals surface area (Å²) in [7, 11) is 0. The lowest BCUT2D eigenvalue weighted by atomic mass is 10.2. The predicted molar refractivity (Wildman–Crippen MR) is 74.4 cm³/mol. The second kappa shape index (κ2) is 5.26. The van der Waals surface area contributed by atoms with Crippen LogP contribution in [0, 0.1) is 0 Å². The molecule has 0 spiro atoms. The summed E-state index contributed by atoms with van der Waals surface area (Å²) in [6.45, 7) is 0. The van der Waals surface area contributed by atoms with E-state index in [-0.39, 0.29) is 6.42 Å². The number of carboxylic acids is 1. The lowest BCUT2D eigenvalue weighted by Gasteiger charge is -1.94. The van der Waals surface area contributed by atoms with E-state index in [1.807, 2.05) is 12.1 Å². The molecular formula is C14H10N2O3S. The Morgan fingerprint density at radius 2 is 2.25 bits per heavy atom. The van der Waals surface area contributed by atoms with Crippen molar-refractivity contribution in [2.75, 3.05) is 0 Å². The van der Waals surface area contributed by atoms with Gasteiger partial charge in [-0.05, 0) is 24.3 Å². The number of hydrogen-bond donors (Lipinski definition) is 1. The van der Waals surface area contributed by atoms with Crippen LogP contribution in [-0.2, 0) is 11.2 Å². The molecule has 100 valence electrons. The molecule has 0 amide bonds. The number of carboxylic acid groups (broad SMARTS) is 1. The zero-order valence-electron chi connectivity index (χ0n) is 10.3. The molecule has 3 aromatic rings. The molecule has 3 aromatic heterocycles. The minimum atomic E-state index is -0.890. The molecule has 20 heavy (non-hydrogen) atoms. The van der Waals surface area contributed by atoms with Crippen LogP contribution in [0.15, 0.2) is 47.3 Å². The number of hydrogen-bond acceptors (Lipinski definition) is 5. The molecule has 0 unspecified atom stereocenters. The topological polar surface area (TPSA) is 76.2 Å². The molecule has 1 N–H and O–H groups in total. The van der Waals surface area contributed by atoms with Crippen LogP contribution in [0.3, 0.4) is 0 Å². The number of aliphatic carboxylic acids is 1. The van der Waals surface area contributed by atoms with Gasteiger partial charge in [0.2, 0.25) is 0 Å². The van der Waals surface area contributed by atoms with E-state index < -0.39 is 5.97 Å². The maximum atomic E-state index is 11.0. The Bertz CT molecular complexity index is 720. The second-order valence-corrected chi connectivity index (χ2v) is 5.16. The molecule has 0 aromatic carbocycles. The highest BCUT2D eigenvalue weighted by Gasteiger charge is 2.18. The standard InChI is InChI=1S/C14H10N2O3S/c17-12(18)7-11-13(10-4-2-6-19-10)16-14(20-11)9-3-1-5-15-8-9/h1-6,8H,7H2,(H,17,18). The van der Waals surface area contributed by atoms with Crippen molar-refractivity contribution in [2.45, 2.75) is 6.42 Å². The molecule has 0 saturated heterocycles. The Balaban J connectivity index is 2.08. The van der Waals surface area contributed by atoms with Crippen LogP contribution in [0.4, 0.5) is 0 Å². The summed E-state index contributed by atoms with van der Waals surface area (Å²) >= 11 is 1.35. The number of nitrogens with zero attached hydrogens (tertiary/aromatic N) is 2. The molecule has 0 aliphatic carbocycles. The van der Waals surface area contributed by atoms with Crippen LogP contribution in [0.25, 0.3) is 22.0 Å². The molecule has 0 aliphatic heterocycles. The molecule has 0 atom stereocenters. The first-order valence-corrected chi connectivity index (χ1v) is 6.71. The lowest BCUT2D eigenvalue weighted by molar-refractivity contribution is -0.136. The van der Waals surface area contributed by atoms with Crippen LogP contribution < -0.4 is 0 Å². The van der Waals surface area contributed by atoms with E-state index in [0.717, 1.165) is 10.6 Å². The van der Waals surface area contributed by atoms with Crippen molar-refractivity contribution in [3.63, 3.8) is 0 Å². The third kappa shape index (κ3) is 2.46. The maximum Gasteiger partial charge on any atom is 0.308 e. The quantitative estimate of drug-likeness (QED) is 0.797. The zero-order chi connectivity index (χ0) is 13.9. The van der Waals surface area contributed by atoms with Gasteiger partial charge < -0.3 is 9.52 Å². The Morgan fingerprint density at radius 1 is 1.35 bits per heavy atom. The van der Waals surface area contributed by atoms with Crippen molar-refractivity contribution in [2.24, 2.45) is 0 Å². The molecule has 5 nitrogen and oxygen atoms in total. The molecule has 0 aliphatic rings. The van der Waals surface area contributed by atoms with Gasteiger partial charge in [-0.1, -0.05) is 0 Å². The average molecular weight is 286 g/mol. The Kier molecular flexibility index (Phi) is 3.30. The summed E-state index contributed by atoms with van der Waals surface area (Å²) in [6, 6.07) is 7.23. The van der Waals surface area contributed by atoms with E-state index in [1.54, 1.807) is 30.8 Å². The van der Waals surface area contributed by atoms with Crippen molar-refractivity contribution in [1.82, 2.24) is 9.97 Å². The molecule has 0 fully saturated rings. The van der Waals surface area contributed by atoms with Gasteiger partial charge >= 0.3 is 5.97 Å².